The van der Waals surface area contributed by atoms with Crippen molar-refractivity contribution in [1.29, 1.82) is 0 Å². The highest BCUT2D eigenvalue weighted by Crippen LogP contribution is 2.67. The molecule has 15 heteroatoms. The predicted octanol–water partition coefficient (Wildman–Crippen LogP) is 6.58. The van der Waals surface area contributed by atoms with Crippen LogP contribution >= 0.6 is 0 Å². The van der Waals surface area contributed by atoms with Gasteiger partial charge in [0.25, 0.3) is 0 Å². The molecule has 0 aromatic heterocycles. The van der Waals surface area contributed by atoms with E-state index in [1.165, 1.54) is 0 Å². The smallest absolute Gasteiger partial charge is 0.396 e. The molecule has 10 atom stereocenters. The van der Waals surface area contributed by atoms with Crippen LogP contribution in [0.25, 0.3) is 0 Å². The lowest BCUT2D eigenvalue weighted by Crippen LogP contribution is -2.60. The van der Waals surface area contributed by atoms with Crippen molar-refractivity contribution in [3.05, 3.63) is 0 Å². The molecule has 8 fully saturated rings. The minimum atomic E-state index is -6.67. The number of alkyl halides is 4. The van der Waals surface area contributed by atoms with E-state index in [0.29, 0.717) is 64.2 Å². The first-order chi connectivity index (χ1) is 25.0. The molecule has 302 valence electrons. The molecule has 0 aliphatic heterocycles. The van der Waals surface area contributed by atoms with Gasteiger partial charge < -0.3 is 14.0 Å². The van der Waals surface area contributed by atoms with Crippen LogP contribution in [0, 0.1) is 63.6 Å². The molecule has 0 aromatic carbocycles. The number of hydrogen-bond donors (Lipinski definition) is 0. The lowest BCUT2D eigenvalue weighted by atomic mass is 9.44. The largest absolute Gasteiger partial charge is 0.743 e. The van der Waals surface area contributed by atoms with Crippen molar-refractivity contribution in [2.45, 2.75) is 140 Å². The zero-order valence-electron chi connectivity index (χ0n) is 31.1. The molecule has 0 saturated heterocycles. The number of ether oxygens (including phenoxy) is 2. The highest BCUT2D eigenvalue weighted by atomic mass is 32.2. The van der Waals surface area contributed by atoms with E-state index in [4.69, 9.17) is 9.47 Å². The summed E-state index contributed by atoms with van der Waals surface area (Å²) in [6, 6.07) is 0. The second-order valence-electron chi connectivity index (χ2n) is 18.9. The maximum atomic E-state index is 14.2. The van der Waals surface area contributed by atoms with E-state index in [9.17, 15) is 54.5 Å². The summed E-state index contributed by atoms with van der Waals surface area (Å²) < 4.78 is 98.6. The summed E-state index contributed by atoms with van der Waals surface area (Å²) in [5.74, 6) is -6.43. The average molecular weight is 788 g/mol. The standard InChI is InChI=1S/C39H52F4O10S/c1-21(26-5-6-27-32-28(15-30(46)35(26,27)3)34(2)9-8-25(44)13-24(34)14-29(32)45)4-7-31(47)53-37-18-22-12-23(19-37)17-36(16-22,20-37)33(48)52-11-10-38(40,41)39(42,43)54(49,50)51/h21-24,26-28,32H,4-20H2,1-3H3,(H,49,50,51)/p-1/t21-,22?,23?,24+,26-,27+,28+,32+,34+,35-,36?,37?/m1/s1. The molecule has 8 aliphatic carbocycles. The molecule has 4 bridgehead atoms. The van der Waals surface area contributed by atoms with Crippen LogP contribution in [-0.4, -0.2) is 65.6 Å². The van der Waals surface area contributed by atoms with E-state index in [0.717, 1.165) is 19.3 Å². The maximum Gasteiger partial charge on any atom is 0.396 e. The van der Waals surface area contributed by atoms with Crippen molar-refractivity contribution in [1.82, 2.24) is 0 Å². The van der Waals surface area contributed by atoms with Crippen molar-refractivity contribution in [2.24, 2.45) is 63.6 Å². The topological polar surface area (TPSA) is 161 Å². The van der Waals surface area contributed by atoms with Crippen molar-refractivity contribution in [2.75, 3.05) is 6.61 Å². The monoisotopic (exact) mass is 787 g/mol. The highest BCUT2D eigenvalue weighted by Gasteiger charge is 2.67. The molecule has 0 N–H and O–H groups in total. The third-order valence-corrected chi connectivity index (χ3v) is 16.8. The summed E-state index contributed by atoms with van der Waals surface area (Å²) in [6.07, 6.45) is 5.19. The van der Waals surface area contributed by atoms with Gasteiger partial charge in [0.1, 0.15) is 23.0 Å². The van der Waals surface area contributed by atoms with E-state index in [-0.39, 0.29) is 82.9 Å². The number of hydrogen-bond acceptors (Lipinski definition) is 10. The summed E-state index contributed by atoms with van der Waals surface area (Å²) in [6.45, 7) is 5.01. The fraction of sp³-hybridized carbons (Fsp3) is 0.872. The van der Waals surface area contributed by atoms with Gasteiger partial charge in [-0.15, -0.1) is 0 Å². The second kappa shape index (κ2) is 13.1. The van der Waals surface area contributed by atoms with Crippen LogP contribution < -0.4 is 0 Å². The predicted molar refractivity (Wildman–Crippen MR) is 181 cm³/mol. The molecule has 54 heavy (non-hydrogen) atoms. The average Bonchev–Trinajstić information content (AvgIpc) is 3.41. The van der Waals surface area contributed by atoms with Crippen molar-refractivity contribution < 1.29 is 64.0 Å². The van der Waals surface area contributed by atoms with Gasteiger partial charge >= 0.3 is 23.1 Å². The van der Waals surface area contributed by atoms with Crippen molar-refractivity contribution in [3.63, 3.8) is 0 Å². The Balaban J connectivity index is 0.969. The van der Waals surface area contributed by atoms with Crippen LogP contribution in [0.3, 0.4) is 0 Å². The summed E-state index contributed by atoms with van der Waals surface area (Å²) in [4.78, 5) is 67.1. The molecule has 0 spiro atoms. The maximum absolute atomic E-state index is 14.2. The molecule has 8 rings (SSSR count). The number of Topliss-reactive ketones (excluding diaryl/α,β-unsaturated/α-hetero) is 3. The molecule has 0 heterocycles. The van der Waals surface area contributed by atoms with Crippen LogP contribution in [0.4, 0.5) is 17.6 Å². The summed E-state index contributed by atoms with van der Waals surface area (Å²) in [5.41, 5.74) is -3.05. The second-order valence-corrected chi connectivity index (χ2v) is 20.3. The van der Waals surface area contributed by atoms with E-state index >= 15 is 0 Å². The lowest BCUT2D eigenvalue weighted by Gasteiger charge is -2.59. The Kier molecular flexibility index (Phi) is 9.62. The van der Waals surface area contributed by atoms with Gasteiger partial charge in [0.2, 0.25) is 0 Å². The molecule has 10 nitrogen and oxygen atoms in total. The highest BCUT2D eigenvalue weighted by molar-refractivity contribution is 7.86. The van der Waals surface area contributed by atoms with Crippen LogP contribution in [-0.2, 0) is 43.6 Å². The molecule has 0 amide bonds. The first kappa shape index (κ1) is 39.8. The van der Waals surface area contributed by atoms with Gasteiger partial charge in [-0.3, -0.25) is 24.0 Å². The van der Waals surface area contributed by atoms with E-state index in [1.807, 2.05) is 13.8 Å². The number of carbonyl (C=O) groups is 5. The Labute approximate surface area is 313 Å². The first-order valence-corrected chi connectivity index (χ1v) is 21.1. The molecule has 2 unspecified atom stereocenters. The van der Waals surface area contributed by atoms with Gasteiger partial charge in [-0.25, -0.2) is 8.42 Å². The fourth-order valence-electron chi connectivity index (χ4n) is 13.5. The third-order valence-electron chi connectivity index (χ3n) is 15.9. The number of ketones is 3. The Morgan fingerprint density at radius 1 is 0.963 bits per heavy atom. The van der Waals surface area contributed by atoms with E-state index < -0.39 is 62.7 Å². The normalized spacial score (nSPS) is 42.2. The molecule has 0 radical (unpaired) electrons. The number of carbonyl (C=O) groups excluding carboxylic acids is 5. The van der Waals surface area contributed by atoms with Crippen molar-refractivity contribution in [3.8, 4) is 0 Å². The van der Waals surface area contributed by atoms with E-state index in [1.54, 1.807) is 0 Å². The van der Waals surface area contributed by atoms with Crippen molar-refractivity contribution >= 4 is 39.4 Å². The summed E-state index contributed by atoms with van der Waals surface area (Å²) >= 11 is 0. The molecule has 8 aliphatic rings. The van der Waals surface area contributed by atoms with Crippen LogP contribution in [0.5, 0.6) is 0 Å². The van der Waals surface area contributed by atoms with E-state index in [2.05, 4.69) is 6.92 Å². The van der Waals surface area contributed by atoms with Gasteiger partial charge in [-0.05, 0) is 105 Å². The van der Waals surface area contributed by atoms with Gasteiger partial charge in [-0.2, -0.15) is 17.6 Å². The Morgan fingerprint density at radius 3 is 2.28 bits per heavy atom. The van der Waals surface area contributed by atoms with Crippen LogP contribution in [0.2, 0.25) is 0 Å². The van der Waals surface area contributed by atoms with Gasteiger partial charge in [-0.1, -0.05) is 20.8 Å². The molecule has 0 aromatic rings. The van der Waals surface area contributed by atoms with Gasteiger partial charge in [0, 0.05) is 49.9 Å². The lowest BCUT2D eigenvalue weighted by molar-refractivity contribution is -0.215. The number of esters is 2. The quantitative estimate of drug-likeness (QED) is 0.127. The first-order valence-electron chi connectivity index (χ1n) is 19.6. The molecular weight excluding hydrogens is 736 g/mol. The zero-order valence-corrected chi connectivity index (χ0v) is 32.0. The summed E-state index contributed by atoms with van der Waals surface area (Å²) in [5, 5.41) is -5.87. The van der Waals surface area contributed by atoms with Gasteiger partial charge in [0.05, 0.1) is 18.4 Å². The summed E-state index contributed by atoms with van der Waals surface area (Å²) in [7, 11) is -6.67. The Hall–Kier alpha value is -2.42. The Bertz CT molecular complexity index is 1720. The molecular formula is C39H51F4O10S-. The zero-order chi connectivity index (χ0) is 39.4. The number of fused-ring (bicyclic) bond motifs is 5. The van der Waals surface area contributed by atoms with Gasteiger partial charge in [0.15, 0.2) is 10.1 Å². The minimum Gasteiger partial charge on any atom is -0.743 e. The third kappa shape index (κ3) is 6.18. The fourth-order valence-corrected chi connectivity index (χ4v) is 14.0. The number of halogens is 4. The molecule has 8 saturated carbocycles. The number of rotatable bonds is 11. The van der Waals surface area contributed by atoms with Crippen LogP contribution in [0.15, 0.2) is 0 Å². The Morgan fingerprint density at radius 2 is 1.63 bits per heavy atom. The minimum absolute atomic E-state index is 0.00585. The van der Waals surface area contributed by atoms with Crippen LogP contribution in [0.1, 0.15) is 124 Å². The SMILES string of the molecule is C[C@H](CCC(=O)OC12CC3CC(C1)CC(C(=O)OCCC(F)(F)C(F)(F)S(=O)(=O)[O-])(C3)C2)[C@H]1CC[C@H]2[C@@H]3C(=O)C[C@@H]4CC(=O)CC[C@]4(C)[C@H]3CC(=O)[C@]12C.